The summed E-state index contributed by atoms with van der Waals surface area (Å²) in [4.78, 5) is 15.4. The Morgan fingerprint density at radius 2 is 1.80 bits per heavy atom. The molecule has 2 heterocycles. The second-order valence-corrected chi connectivity index (χ2v) is 7.40. The molecule has 1 aliphatic rings. The summed E-state index contributed by atoms with van der Waals surface area (Å²) in [7, 11) is -3.03. The first-order valence-corrected chi connectivity index (χ1v) is 6.96. The molecular formula is C11H11F3N2O3S. The summed E-state index contributed by atoms with van der Waals surface area (Å²) in [6, 6.07) is 1.62. The van der Waals surface area contributed by atoms with Crippen molar-refractivity contribution in [2.45, 2.75) is 24.8 Å². The van der Waals surface area contributed by atoms with E-state index in [-0.39, 0.29) is 5.56 Å². The number of nitrogens with zero attached hydrogens (tertiary/aromatic N) is 2. The lowest BCUT2D eigenvalue weighted by atomic mass is 10.00. The van der Waals surface area contributed by atoms with Gasteiger partial charge in [-0.15, -0.1) is 0 Å². The molecule has 0 spiro atoms. The molecule has 0 saturated heterocycles. The monoisotopic (exact) mass is 308 g/mol. The first-order valence-electron chi connectivity index (χ1n) is 5.52. The Kier molecular flexibility index (Phi) is 2.90. The Morgan fingerprint density at radius 3 is 2.30 bits per heavy atom. The fourth-order valence-corrected chi connectivity index (χ4v) is 3.32. The molecule has 0 aliphatic carbocycles. The van der Waals surface area contributed by atoms with Crippen molar-refractivity contribution >= 4 is 21.6 Å². The van der Waals surface area contributed by atoms with Gasteiger partial charge < -0.3 is 0 Å². The Bertz CT molecular complexity index is 695. The number of pyridine rings is 1. The minimum Gasteiger partial charge on any atom is -0.292 e. The zero-order valence-corrected chi connectivity index (χ0v) is 11.6. The Hall–Kier alpha value is -1.64. The van der Waals surface area contributed by atoms with Crippen LogP contribution in [-0.4, -0.2) is 31.0 Å². The molecule has 1 aromatic rings. The maximum Gasteiger partial charge on any atom is 0.433 e. The molecule has 5 nitrogen and oxygen atoms in total. The second-order valence-electron chi connectivity index (χ2n) is 4.88. The van der Waals surface area contributed by atoms with Crippen molar-refractivity contribution in [1.29, 1.82) is 0 Å². The van der Waals surface area contributed by atoms with Crippen LogP contribution in [0.1, 0.15) is 29.9 Å². The van der Waals surface area contributed by atoms with E-state index in [9.17, 15) is 26.4 Å². The van der Waals surface area contributed by atoms with Gasteiger partial charge in [-0.25, -0.2) is 13.4 Å². The normalized spacial score (nSPS) is 20.7. The molecule has 0 fully saturated rings. The summed E-state index contributed by atoms with van der Waals surface area (Å²) in [6.45, 7) is 2.42. The summed E-state index contributed by atoms with van der Waals surface area (Å²) >= 11 is 0. The molecule has 2 rings (SSSR count). The van der Waals surface area contributed by atoms with Gasteiger partial charge in [-0.3, -0.25) is 9.10 Å². The van der Waals surface area contributed by atoms with Crippen molar-refractivity contribution in [3.05, 3.63) is 23.4 Å². The van der Waals surface area contributed by atoms with Gasteiger partial charge in [-0.1, -0.05) is 0 Å². The highest BCUT2D eigenvalue weighted by atomic mass is 32.2. The molecule has 0 unspecified atom stereocenters. The third-order valence-electron chi connectivity index (χ3n) is 3.26. The van der Waals surface area contributed by atoms with Crippen LogP contribution in [0.4, 0.5) is 19.0 Å². The molecule has 110 valence electrons. The SMILES string of the molecule is CN1c2nc(C(F)(F)F)ccc2C(=O)C(C)(C)S1(=O)=O. The Morgan fingerprint density at radius 1 is 1.25 bits per heavy atom. The number of alkyl halides is 3. The van der Waals surface area contributed by atoms with Gasteiger partial charge in [0.2, 0.25) is 10.0 Å². The van der Waals surface area contributed by atoms with E-state index in [0.717, 1.165) is 13.1 Å². The summed E-state index contributed by atoms with van der Waals surface area (Å²) in [5, 5.41) is 0. The maximum atomic E-state index is 12.6. The Labute approximate surface area is 113 Å². The molecule has 0 atom stereocenters. The summed E-state index contributed by atoms with van der Waals surface area (Å²) in [5.74, 6) is -1.27. The van der Waals surface area contributed by atoms with Gasteiger partial charge in [0.25, 0.3) is 0 Å². The zero-order valence-electron chi connectivity index (χ0n) is 10.8. The lowest BCUT2D eigenvalue weighted by molar-refractivity contribution is -0.141. The number of anilines is 1. The van der Waals surface area contributed by atoms with Gasteiger partial charge in [0.15, 0.2) is 11.6 Å². The highest BCUT2D eigenvalue weighted by Crippen LogP contribution is 2.38. The molecule has 1 aromatic heterocycles. The van der Waals surface area contributed by atoms with E-state index in [1.54, 1.807) is 0 Å². The number of sulfonamides is 1. The van der Waals surface area contributed by atoms with Crippen LogP contribution < -0.4 is 4.31 Å². The molecule has 20 heavy (non-hydrogen) atoms. The van der Waals surface area contributed by atoms with Crippen LogP contribution in [0.15, 0.2) is 12.1 Å². The summed E-state index contributed by atoms with van der Waals surface area (Å²) in [6.07, 6.45) is -4.71. The largest absolute Gasteiger partial charge is 0.433 e. The number of carbonyl (C=O) groups is 1. The van der Waals surface area contributed by atoms with Gasteiger partial charge in [0, 0.05) is 7.05 Å². The molecule has 0 radical (unpaired) electrons. The number of carbonyl (C=O) groups excluding carboxylic acids is 1. The van der Waals surface area contributed by atoms with Crippen molar-refractivity contribution in [2.75, 3.05) is 11.4 Å². The van der Waals surface area contributed by atoms with E-state index < -0.39 is 38.2 Å². The van der Waals surface area contributed by atoms with Gasteiger partial charge in [-0.2, -0.15) is 13.2 Å². The van der Waals surface area contributed by atoms with E-state index in [4.69, 9.17) is 0 Å². The van der Waals surface area contributed by atoms with Crippen LogP contribution >= 0.6 is 0 Å². The highest BCUT2D eigenvalue weighted by molar-refractivity contribution is 7.95. The number of ketones is 1. The standard InChI is InChI=1S/C11H11F3N2O3S/c1-10(2)8(17)6-4-5-7(11(12,13)14)15-9(6)16(3)20(10,18)19/h4-5H,1-3H3. The average molecular weight is 308 g/mol. The third kappa shape index (κ3) is 1.80. The molecule has 1 aliphatic heterocycles. The van der Waals surface area contributed by atoms with E-state index in [0.29, 0.717) is 10.4 Å². The molecule has 9 heteroatoms. The van der Waals surface area contributed by atoms with Crippen LogP contribution in [0.3, 0.4) is 0 Å². The lowest BCUT2D eigenvalue weighted by Gasteiger charge is -2.35. The minimum atomic E-state index is -4.71. The molecule has 0 bridgehead atoms. The van der Waals surface area contributed by atoms with Crippen molar-refractivity contribution < 1.29 is 26.4 Å². The number of aromatic nitrogens is 1. The summed E-state index contributed by atoms with van der Waals surface area (Å²) < 4.78 is 61.0. The third-order valence-corrected chi connectivity index (χ3v) is 5.63. The molecule has 0 saturated carbocycles. The van der Waals surface area contributed by atoms with E-state index in [1.807, 2.05) is 0 Å². The van der Waals surface area contributed by atoms with Crippen LogP contribution in [-0.2, 0) is 16.2 Å². The molecular weight excluding hydrogens is 297 g/mol. The van der Waals surface area contributed by atoms with E-state index in [1.165, 1.54) is 13.8 Å². The van der Waals surface area contributed by atoms with Crippen LogP contribution in [0.25, 0.3) is 0 Å². The first kappa shape index (κ1) is 14.8. The predicted octanol–water partition coefficient (Wildman–Crippen LogP) is 1.84. The van der Waals surface area contributed by atoms with E-state index in [2.05, 4.69) is 4.98 Å². The van der Waals surface area contributed by atoms with E-state index >= 15 is 0 Å². The number of hydrogen-bond acceptors (Lipinski definition) is 4. The number of hydrogen-bond donors (Lipinski definition) is 0. The van der Waals surface area contributed by atoms with Crippen LogP contribution in [0.2, 0.25) is 0 Å². The number of rotatable bonds is 0. The van der Waals surface area contributed by atoms with Gasteiger partial charge >= 0.3 is 6.18 Å². The van der Waals surface area contributed by atoms with Crippen molar-refractivity contribution in [3.63, 3.8) is 0 Å². The fraction of sp³-hybridized carbons (Fsp3) is 0.455. The average Bonchev–Trinajstić information content (AvgIpc) is 2.33. The van der Waals surface area contributed by atoms with Crippen molar-refractivity contribution in [1.82, 2.24) is 4.98 Å². The zero-order chi connectivity index (χ0) is 15.5. The van der Waals surface area contributed by atoms with Crippen LogP contribution in [0.5, 0.6) is 0 Å². The second kappa shape index (κ2) is 3.94. The topological polar surface area (TPSA) is 67.3 Å². The van der Waals surface area contributed by atoms with Gasteiger partial charge in [-0.05, 0) is 26.0 Å². The lowest BCUT2D eigenvalue weighted by Crippen LogP contribution is -2.53. The number of halogens is 3. The number of fused-ring (bicyclic) bond motifs is 1. The molecule has 0 aromatic carbocycles. The smallest absolute Gasteiger partial charge is 0.292 e. The summed E-state index contributed by atoms with van der Waals surface area (Å²) in [5.41, 5.74) is -1.38. The van der Waals surface area contributed by atoms with Crippen molar-refractivity contribution in [3.8, 4) is 0 Å². The molecule has 0 amide bonds. The first-order chi connectivity index (χ1) is 8.90. The maximum absolute atomic E-state index is 12.6. The number of Topliss-reactive ketones (excluding diaryl/α,β-unsaturated/α-hetero) is 1. The fourth-order valence-electron chi connectivity index (χ4n) is 1.92. The minimum absolute atomic E-state index is 0.139. The Balaban J connectivity index is 2.75. The highest BCUT2D eigenvalue weighted by Gasteiger charge is 2.51. The quantitative estimate of drug-likeness (QED) is 0.733. The predicted molar refractivity (Wildman–Crippen MR) is 65.0 cm³/mol. The van der Waals surface area contributed by atoms with Gasteiger partial charge in [0.05, 0.1) is 5.56 Å². The molecule has 0 N–H and O–H groups in total. The van der Waals surface area contributed by atoms with Crippen molar-refractivity contribution in [2.24, 2.45) is 0 Å². The van der Waals surface area contributed by atoms with Gasteiger partial charge in [0.1, 0.15) is 10.4 Å². The van der Waals surface area contributed by atoms with Crippen LogP contribution in [0, 0.1) is 0 Å².